The molecular weight excluding hydrogens is 500 g/mol. The van der Waals surface area contributed by atoms with E-state index in [-0.39, 0.29) is 53.4 Å². The molecule has 1 spiro atoms. The molecule has 4 aliphatic carbocycles. The second kappa shape index (κ2) is 12.0. The van der Waals surface area contributed by atoms with E-state index in [4.69, 9.17) is 9.47 Å². The maximum absolute atomic E-state index is 14.6. The Morgan fingerprint density at radius 1 is 1.07 bits per heavy atom. The molecule has 0 radical (unpaired) electrons. The van der Waals surface area contributed by atoms with E-state index in [1.54, 1.807) is 13.0 Å². The fourth-order valence-electron chi connectivity index (χ4n) is 8.51. The summed E-state index contributed by atoms with van der Waals surface area (Å²) in [4.78, 5) is 40.3. The lowest BCUT2D eigenvalue weighted by Gasteiger charge is -2.40. The van der Waals surface area contributed by atoms with Gasteiger partial charge in [-0.2, -0.15) is 0 Å². The topological polar surface area (TPSA) is 69.7 Å². The largest absolute Gasteiger partial charge is 0.458 e. The van der Waals surface area contributed by atoms with Crippen LogP contribution in [0.5, 0.6) is 0 Å². The van der Waals surface area contributed by atoms with Crippen molar-refractivity contribution in [3.63, 3.8) is 0 Å². The minimum Gasteiger partial charge on any atom is -0.458 e. The second-order valence-electron chi connectivity index (χ2n) is 13.8. The summed E-state index contributed by atoms with van der Waals surface area (Å²) in [6.07, 6.45) is 17.0. The van der Waals surface area contributed by atoms with Gasteiger partial charge in [-0.05, 0) is 63.9 Å². The van der Waals surface area contributed by atoms with Crippen molar-refractivity contribution in [2.24, 2.45) is 34.5 Å². The monoisotopic (exact) mass is 552 g/mol. The Kier molecular flexibility index (Phi) is 9.22. The summed E-state index contributed by atoms with van der Waals surface area (Å²) in [5.74, 6) is -0.377. The van der Waals surface area contributed by atoms with Crippen LogP contribution >= 0.6 is 0 Å². The predicted octanol–water partition coefficient (Wildman–Crippen LogP) is 8.08. The molecule has 3 unspecified atom stereocenters. The van der Waals surface area contributed by atoms with Crippen LogP contribution in [0.25, 0.3) is 0 Å². The van der Waals surface area contributed by atoms with Crippen molar-refractivity contribution in [2.45, 2.75) is 125 Å². The van der Waals surface area contributed by atoms with Crippen LogP contribution in [0.15, 0.2) is 34.9 Å². The van der Waals surface area contributed by atoms with E-state index >= 15 is 0 Å². The van der Waals surface area contributed by atoms with Crippen molar-refractivity contribution in [2.75, 3.05) is 6.61 Å². The van der Waals surface area contributed by atoms with Gasteiger partial charge in [-0.15, -0.1) is 0 Å². The van der Waals surface area contributed by atoms with E-state index in [0.29, 0.717) is 18.4 Å². The maximum Gasteiger partial charge on any atom is 0.333 e. The van der Waals surface area contributed by atoms with E-state index in [1.807, 2.05) is 6.92 Å². The Labute approximate surface area is 242 Å². The molecule has 0 heterocycles. The molecule has 0 aliphatic heterocycles. The highest BCUT2D eigenvalue weighted by atomic mass is 16.6. The summed E-state index contributed by atoms with van der Waals surface area (Å²) in [7, 11) is 0. The Bertz CT molecular complexity index is 1090. The van der Waals surface area contributed by atoms with Gasteiger partial charge in [0.25, 0.3) is 0 Å². The molecule has 0 N–H and O–H groups in total. The average Bonchev–Trinajstić information content (AvgIpc) is 3.22. The van der Waals surface area contributed by atoms with E-state index in [2.05, 4.69) is 46.8 Å². The first-order valence-corrected chi connectivity index (χ1v) is 15.9. The summed E-state index contributed by atoms with van der Waals surface area (Å²) in [6, 6.07) is 0. The zero-order chi connectivity index (χ0) is 29.3. The van der Waals surface area contributed by atoms with E-state index in [1.165, 1.54) is 37.7 Å². The molecule has 0 aromatic heterocycles. The number of allylic oxidation sites excluding steroid dienone is 4. The van der Waals surface area contributed by atoms with Gasteiger partial charge in [-0.3, -0.25) is 9.59 Å². The summed E-state index contributed by atoms with van der Waals surface area (Å²) in [5, 5.41) is 0. The van der Waals surface area contributed by atoms with Gasteiger partial charge in [-0.25, -0.2) is 4.79 Å². The van der Waals surface area contributed by atoms with Crippen molar-refractivity contribution in [3.8, 4) is 0 Å². The number of ether oxygens (including phenoxy) is 2. The lowest BCUT2D eigenvalue weighted by Crippen LogP contribution is -2.43. The van der Waals surface area contributed by atoms with Crippen molar-refractivity contribution < 1.29 is 23.9 Å². The molecule has 0 aromatic rings. The second-order valence-corrected chi connectivity index (χ2v) is 13.8. The zero-order valence-electron chi connectivity index (χ0n) is 26.1. The molecule has 2 fully saturated rings. The van der Waals surface area contributed by atoms with Crippen LogP contribution in [0.3, 0.4) is 0 Å². The van der Waals surface area contributed by atoms with Crippen LogP contribution in [0.1, 0.15) is 119 Å². The average molecular weight is 553 g/mol. The summed E-state index contributed by atoms with van der Waals surface area (Å²) >= 11 is 0. The first-order chi connectivity index (χ1) is 18.9. The minimum absolute atomic E-state index is 0.0589. The normalized spacial score (nSPS) is 34.1. The number of fused-ring (bicyclic) bond motifs is 3. The number of carbonyl (C=O) groups is 3. The van der Waals surface area contributed by atoms with Gasteiger partial charge in [-0.1, -0.05) is 90.0 Å². The van der Waals surface area contributed by atoms with Gasteiger partial charge in [0.15, 0.2) is 5.78 Å². The highest BCUT2D eigenvalue weighted by Crippen LogP contribution is 2.74. The van der Waals surface area contributed by atoms with Crippen molar-refractivity contribution in [1.29, 1.82) is 0 Å². The van der Waals surface area contributed by atoms with Gasteiger partial charge in [0, 0.05) is 29.2 Å². The standard InChI is InChI=1S/C35H52O5/c1-8-10-11-12-13-14-15-16-29(36)40-35-21-25(5)34-20-23(3)17-27(34)18-26(22-39-32(38)24(4)9-2)19-28(31(34)37)30(35)33(35,6)7/h9,19-20,25,27-28,30H,8,10-18,21-22H2,1-7H3/b24-9+/t25-,27?,28?,30-,34?,35+/m1/s1. The van der Waals surface area contributed by atoms with E-state index < -0.39 is 11.0 Å². The number of unbranched alkanes of at least 4 members (excludes halogenated alkanes) is 6. The van der Waals surface area contributed by atoms with Crippen LogP contribution < -0.4 is 0 Å². The number of hydrogen-bond donors (Lipinski definition) is 0. The van der Waals surface area contributed by atoms with Gasteiger partial charge in [0.1, 0.15) is 12.2 Å². The molecule has 40 heavy (non-hydrogen) atoms. The lowest BCUT2D eigenvalue weighted by atomic mass is 9.62. The SMILES string of the molecule is C/C=C(\C)C(=O)OCC1=CC2C(=O)C3(C=C(C)CC3C1)[C@H](C)C[C@]1(OC(=O)CCCCCCCCC)[C@H]2C1(C)C. The Morgan fingerprint density at radius 3 is 2.42 bits per heavy atom. The van der Waals surface area contributed by atoms with Gasteiger partial charge in [0.05, 0.1) is 5.41 Å². The van der Waals surface area contributed by atoms with Gasteiger partial charge < -0.3 is 9.47 Å². The Hall–Kier alpha value is -2.17. The molecule has 4 aliphatic rings. The molecule has 0 amide bonds. The van der Waals surface area contributed by atoms with Gasteiger partial charge >= 0.3 is 11.9 Å². The highest BCUT2D eigenvalue weighted by molar-refractivity contribution is 5.94. The third-order valence-electron chi connectivity index (χ3n) is 10.9. The van der Waals surface area contributed by atoms with Crippen LogP contribution in [-0.2, 0) is 23.9 Å². The summed E-state index contributed by atoms with van der Waals surface area (Å²) in [5.41, 5.74) is 1.37. The highest BCUT2D eigenvalue weighted by Gasteiger charge is 2.80. The maximum atomic E-state index is 14.6. The molecule has 5 heteroatoms. The molecule has 6 atom stereocenters. The smallest absolute Gasteiger partial charge is 0.333 e. The fraction of sp³-hybridized carbons (Fsp3) is 0.743. The zero-order valence-corrected chi connectivity index (χ0v) is 26.1. The van der Waals surface area contributed by atoms with Crippen molar-refractivity contribution in [3.05, 3.63) is 34.9 Å². The molecule has 2 saturated carbocycles. The third kappa shape index (κ3) is 5.39. The van der Waals surface area contributed by atoms with Crippen LogP contribution in [0.2, 0.25) is 0 Å². The molecule has 222 valence electrons. The quantitative estimate of drug-likeness (QED) is 0.106. The summed E-state index contributed by atoms with van der Waals surface area (Å²) in [6.45, 7) is 14.7. The van der Waals surface area contributed by atoms with E-state index in [9.17, 15) is 14.4 Å². The molecular formula is C35H52O5. The first kappa shape index (κ1) is 30.8. The molecule has 2 bridgehead atoms. The molecule has 0 saturated heterocycles. The third-order valence-corrected chi connectivity index (χ3v) is 10.9. The van der Waals surface area contributed by atoms with Crippen molar-refractivity contribution in [1.82, 2.24) is 0 Å². The molecule has 4 rings (SSSR count). The molecule has 0 aromatic carbocycles. The first-order valence-electron chi connectivity index (χ1n) is 15.9. The van der Waals surface area contributed by atoms with E-state index in [0.717, 1.165) is 31.3 Å². The number of hydrogen-bond acceptors (Lipinski definition) is 5. The predicted molar refractivity (Wildman–Crippen MR) is 158 cm³/mol. The number of ketones is 1. The Balaban J connectivity index is 1.56. The van der Waals surface area contributed by atoms with Crippen LogP contribution in [0, 0.1) is 34.5 Å². The summed E-state index contributed by atoms with van der Waals surface area (Å²) < 4.78 is 12.2. The van der Waals surface area contributed by atoms with Gasteiger partial charge in [0.2, 0.25) is 0 Å². The number of esters is 2. The number of rotatable bonds is 12. The Morgan fingerprint density at radius 2 is 1.75 bits per heavy atom. The number of Topliss-reactive ketones (excluding diaryl/α,β-unsaturated/α-hetero) is 1. The lowest BCUT2D eigenvalue weighted by molar-refractivity contribution is -0.156. The molecule has 5 nitrogen and oxygen atoms in total. The van der Waals surface area contributed by atoms with Crippen molar-refractivity contribution >= 4 is 17.7 Å². The minimum atomic E-state index is -0.638. The van der Waals surface area contributed by atoms with Crippen LogP contribution in [0.4, 0.5) is 0 Å². The number of carbonyl (C=O) groups excluding carboxylic acids is 3. The fourth-order valence-corrected chi connectivity index (χ4v) is 8.51. The van der Waals surface area contributed by atoms with Crippen LogP contribution in [-0.4, -0.2) is 29.9 Å².